The fourth-order valence-electron chi connectivity index (χ4n) is 3.30. The van der Waals surface area contributed by atoms with Crippen LogP contribution in [0.2, 0.25) is 0 Å². The first kappa shape index (κ1) is 29.0. The highest BCUT2D eigenvalue weighted by Crippen LogP contribution is 2.07. The molecule has 34 heavy (non-hydrogen) atoms. The number of hydrogen-bond donors (Lipinski definition) is 7. The molecule has 0 saturated heterocycles. The van der Waals surface area contributed by atoms with E-state index < -0.39 is 48.4 Å². The monoisotopic (exact) mass is 478 g/mol. The Kier molecular flexibility index (Phi) is 14.1. The van der Waals surface area contributed by atoms with Crippen molar-refractivity contribution in [1.82, 2.24) is 16.0 Å². The van der Waals surface area contributed by atoms with Gasteiger partial charge < -0.3 is 38.3 Å². The molecule has 1 rings (SSSR count). The van der Waals surface area contributed by atoms with Crippen molar-refractivity contribution in [1.29, 1.82) is 0 Å². The SMILES string of the molecule is NCCCCC(N)C(=O)NC(CCCCN)C(=O)NC(Cc1ccccc1)C(=O)NCC(=O)O. The van der Waals surface area contributed by atoms with Crippen LogP contribution in [0, 0.1) is 0 Å². The van der Waals surface area contributed by atoms with E-state index in [4.69, 9.17) is 22.3 Å². The van der Waals surface area contributed by atoms with Crippen molar-refractivity contribution in [2.45, 2.75) is 63.1 Å². The normalized spacial score (nSPS) is 13.4. The van der Waals surface area contributed by atoms with Gasteiger partial charge in [0.15, 0.2) is 0 Å². The molecule has 11 nitrogen and oxygen atoms in total. The Morgan fingerprint density at radius 3 is 1.97 bits per heavy atom. The highest BCUT2D eigenvalue weighted by Gasteiger charge is 2.28. The smallest absolute Gasteiger partial charge is 0.322 e. The van der Waals surface area contributed by atoms with Gasteiger partial charge in [-0.3, -0.25) is 19.2 Å². The topological polar surface area (TPSA) is 203 Å². The third-order valence-corrected chi connectivity index (χ3v) is 5.22. The summed E-state index contributed by atoms with van der Waals surface area (Å²) in [5, 5.41) is 16.5. The molecular formula is C23H38N6O5. The van der Waals surface area contributed by atoms with Crippen LogP contribution in [0.3, 0.4) is 0 Å². The summed E-state index contributed by atoms with van der Waals surface area (Å²) in [6, 6.07) is 6.29. The van der Waals surface area contributed by atoms with Crippen LogP contribution < -0.4 is 33.2 Å². The number of amides is 3. The predicted octanol–water partition coefficient (Wildman–Crippen LogP) is -1.02. The number of nitrogens with one attached hydrogen (secondary N) is 3. The van der Waals surface area contributed by atoms with Crippen molar-refractivity contribution in [3.8, 4) is 0 Å². The highest BCUT2D eigenvalue weighted by molar-refractivity contribution is 5.93. The number of carbonyl (C=O) groups is 4. The largest absolute Gasteiger partial charge is 0.480 e. The summed E-state index contributed by atoms with van der Waals surface area (Å²) >= 11 is 0. The second-order valence-corrected chi connectivity index (χ2v) is 8.10. The van der Waals surface area contributed by atoms with Crippen molar-refractivity contribution < 1.29 is 24.3 Å². The van der Waals surface area contributed by atoms with Crippen LogP contribution in [0.5, 0.6) is 0 Å². The Bertz CT molecular complexity index is 776. The van der Waals surface area contributed by atoms with E-state index in [9.17, 15) is 19.2 Å². The number of rotatable bonds is 17. The van der Waals surface area contributed by atoms with Crippen molar-refractivity contribution in [3.63, 3.8) is 0 Å². The van der Waals surface area contributed by atoms with Crippen molar-refractivity contribution in [3.05, 3.63) is 35.9 Å². The molecule has 190 valence electrons. The van der Waals surface area contributed by atoms with Gasteiger partial charge in [-0.1, -0.05) is 36.8 Å². The molecule has 0 aromatic heterocycles. The van der Waals surface area contributed by atoms with Crippen molar-refractivity contribution in [2.24, 2.45) is 17.2 Å². The van der Waals surface area contributed by atoms with E-state index in [0.717, 1.165) is 12.0 Å². The van der Waals surface area contributed by atoms with Crippen molar-refractivity contribution in [2.75, 3.05) is 19.6 Å². The molecular weight excluding hydrogens is 440 g/mol. The summed E-state index contributed by atoms with van der Waals surface area (Å²) in [5.41, 5.74) is 17.8. The quantitative estimate of drug-likeness (QED) is 0.138. The Balaban J connectivity index is 2.92. The zero-order valence-electron chi connectivity index (χ0n) is 19.5. The van der Waals surface area contributed by atoms with Gasteiger partial charge in [0.2, 0.25) is 17.7 Å². The minimum atomic E-state index is -1.20. The van der Waals surface area contributed by atoms with E-state index in [2.05, 4.69) is 16.0 Å². The molecule has 0 bridgehead atoms. The van der Waals surface area contributed by atoms with E-state index in [1.54, 1.807) is 24.3 Å². The zero-order chi connectivity index (χ0) is 25.3. The molecule has 11 heteroatoms. The van der Waals surface area contributed by atoms with E-state index in [1.807, 2.05) is 6.07 Å². The maximum absolute atomic E-state index is 13.1. The number of carboxylic acids is 1. The van der Waals surface area contributed by atoms with E-state index >= 15 is 0 Å². The first-order valence-corrected chi connectivity index (χ1v) is 11.6. The number of nitrogens with two attached hydrogens (primary N) is 3. The average Bonchev–Trinajstić information content (AvgIpc) is 2.82. The molecule has 0 saturated carbocycles. The van der Waals surface area contributed by atoms with Gasteiger partial charge in [-0.25, -0.2) is 0 Å². The van der Waals surface area contributed by atoms with Crippen LogP contribution >= 0.6 is 0 Å². The van der Waals surface area contributed by atoms with E-state index in [-0.39, 0.29) is 6.42 Å². The molecule has 1 aromatic carbocycles. The maximum Gasteiger partial charge on any atom is 0.322 e. The van der Waals surface area contributed by atoms with Crippen LogP contribution in [-0.2, 0) is 25.6 Å². The fraction of sp³-hybridized carbons (Fsp3) is 0.565. The second-order valence-electron chi connectivity index (χ2n) is 8.10. The molecule has 10 N–H and O–H groups in total. The molecule has 0 aliphatic heterocycles. The Hall–Kier alpha value is -3.02. The van der Waals surface area contributed by atoms with Gasteiger partial charge in [-0.05, 0) is 50.8 Å². The molecule has 0 heterocycles. The van der Waals surface area contributed by atoms with E-state index in [0.29, 0.717) is 45.2 Å². The third kappa shape index (κ3) is 11.7. The lowest BCUT2D eigenvalue weighted by Crippen LogP contribution is -2.56. The van der Waals surface area contributed by atoms with Gasteiger partial charge in [0.25, 0.3) is 0 Å². The fourth-order valence-corrected chi connectivity index (χ4v) is 3.30. The highest BCUT2D eigenvalue weighted by atomic mass is 16.4. The summed E-state index contributed by atoms with van der Waals surface area (Å²) in [6.45, 7) is 0.370. The van der Waals surface area contributed by atoms with Crippen molar-refractivity contribution >= 4 is 23.7 Å². The summed E-state index contributed by atoms with van der Waals surface area (Å²) in [4.78, 5) is 49.1. The van der Waals surface area contributed by atoms with E-state index in [1.165, 1.54) is 0 Å². The van der Waals surface area contributed by atoms with Crippen LogP contribution in [0.4, 0.5) is 0 Å². The minimum Gasteiger partial charge on any atom is -0.480 e. The second kappa shape index (κ2) is 16.6. The Morgan fingerprint density at radius 2 is 1.38 bits per heavy atom. The Labute approximate surface area is 200 Å². The summed E-state index contributed by atoms with van der Waals surface area (Å²) in [7, 11) is 0. The molecule has 0 aliphatic rings. The standard InChI is InChI=1S/C23H38N6O5/c24-12-6-4-10-17(26)21(32)28-18(11-5-7-13-25)23(34)29-19(22(33)27-15-20(30)31)14-16-8-2-1-3-9-16/h1-3,8-9,17-19H,4-7,10-15,24-26H2,(H,27,33)(H,28,32)(H,29,34)(H,30,31). The number of aliphatic carboxylic acids is 1. The molecule has 3 unspecified atom stereocenters. The summed E-state index contributed by atoms with van der Waals surface area (Å²) < 4.78 is 0. The maximum atomic E-state index is 13.1. The molecule has 0 spiro atoms. The van der Waals surface area contributed by atoms with Crippen LogP contribution in [0.25, 0.3) is 0 Å². The van der Waals surface area contributed by atoms with Gasteiger partial charge in [0, 0.05) is 6.42 Å². The molecule has 3 atom stereocenters. The number of unbranched alkanes of at least 4 members (excludes halogenated alkanes) is 2. The summed E-state index contributed by atoms with van der Waals surface area (Å²) in [5.74, 6) is -2.84. The first-order chi connectivity index (χ1) is 16.3. The predicted molar refractivity (Wildman–Crippen MR) is 128 cm³/mol. The van der Waals surface area contributed by atoms with Crippen LogP contribution in [-0.4, -0.2) is 66.6 Å². The lowest BCUT2D eigenvalue weighted by atomic mass is 10.0. The number of carboxylic acid groups (broad SMARTS) is 1. The van der Waals surface area contributed by atoms with Gasteiger partial charge >= 0.3 is 5.97 Å². The Morgan fingerprint density at radius 1 is 0.794 bits per heavy atom. The lowest BCUT2D eigenvalue weighted by Gasteiger charge is -2.24. The first-order valence-electron chi connectivity index (χ1n) is 11.6. The molecule has 3 amide bonds. The number of hydrogen-bond acceptors (Lipinski definition) is 7. The van der Waals surface area contributed by atoms with Gasteiger partial charge in [-0.15, -0.1) is 0 Å². The lowest BCUT2D eigenvalue weighted by molar-refractivity contribution is -0.138. The number of benzene rings is 1. The third-order valence-electron chi connectivity index (χ3n) is 5.22. The number of carbonyl (C=O) groups excluding carboxylic acids is 3. The van der Waals surface area contributed by atoms with Crippen LogP contribution in [0.15, 0.2) is 30.3 Å². The zero-order valence-corrected chi connectivity index (χ0v) is 19.5. The summed E-state index contributed by atoms with van der Waals surface area (Å²) in [6.07, 6.45) is 3.60. The molecule has 1 aromatic rings. The van der Waals surface area contributed by atoms with Crippen LogP contribution in [0.1, 0.15) is 44.1 Å². The average molecular weight is 479 g/mol. The molecule has 0 radical (unpaired) electrons. The molecule has 0 aliphatic carbocycles. The minimum absolute atomic E-state index is 0.153. The van der Waals surface area contributed by atoms with Gasteiger partial charge in [0.1, 0.15) is 18.6 Å². The molecule has 0 fully saturated rings. The van der Waals surface area contributed by atoms with Gasteiger partial charge in [-0.2, -0.15) is 0 Å². The van der Waals surface area contributed by atoms with Gasteiger partial charge in [0.05, 0.1) is 6.04 Å².